The molecule has 1 aromatic carbocycles. The number of aryl methyl sites for hydroxylation is 1. The lowest BCUT2D eigenvalue weighted by Crippen LogP contribution is -2.47. The van der Waals surface area contributed by atoms with Crippen molar-refractivity contribution in [3.63, 3.8) is 0 Å². The molecule has 0 saturated carbocycles. The summed E-state index contributed by atoms with van der Waals surface area (Å²) in [7, 11) is 1.55. The number of amides is 2. The molecule has 8 nitrogen and oxygen atoms in total. The third-order valence-corrected chi connectivity index (χ3v) is 6.67. The standard InChI is InChI=1S/C25H29FN6O2/c1-16-12-17(6-9-27-16)24-20-15-32(11-8-22(20)29-30-24)25(33)28-18-7-10-31(13-18)14-19-21(26)4-3-5-23(19)34-2/h3-6,9,12,18H,7-8,10-11,13-15H2,1-2H3,(H,28,33)(H,29,30). The Morgan fingerprint density at radius 1 is 1.32 bits per heavy atom. The molecule has 178 valence electrons. The molecule has 1 atom stereocenters. The van der Waals surface area contributed by atoms with Gasteiger partial charge in [-0.3, -0.25) is 15.0 Å². The minimum atomic E-state index is -0.267. The molecule has 0 bridgehead atoms. The number of urea groups is 1. The van der Waals surface area contributed by atoms with Crippen molar-refractivity contribution >= 4 is 6.03 Å². The largest absolute Gasteiger partial charge is 0.496 e. The van der Waals surface area contributed by atoms with Gasteiger partial charge in [-0.15, -0.1) is 0 Å². The van der Waals surface area contributed by atoms with Crippen molar-refractivity contribution in [1.82, 2.24) is 30.3 Å². The van der Waals surface area contributed by atoms with E-state index >= 15 is 0 Å². The number of nitrogens with one attached hydrogen (secondary N) is 2. The summed E-state index contributed by atoms with van der Waals surface area (Å²) >= 11 is 0. The van der Waals surface area contributed by atoms with Crippen molar-refractivity contribution in [3.05, 3.63) is 64.9 Å². The Kier molecular flexibility index (Phi) is 6.19. The van der Waals surface area contributed by atoms with E-state index < -0.39 is 0 Å². The van der Waals surface area contributed by atoms with Crippen LogP contribution < -0.4 is 10.1 Å². The van der Waals surface area contributed by atoms with Crippen molar-refractivity contribution in [2.24, 2.45) is 0 Å². The maximum absolute atomic E-state index is 14.3. The van der Waals surface area contributed by atoms with E-state index in [0.717, 1.165) is 47.6 Å². The molecule has 0 aliphatic carbocycles. The Morgan fingerprint density at radius 3 is 3.03 bits per heavy atom. The van der Waals surface area contributed by atoms with E-state index in [4.69, 9.17) is 4.74 Å². The highest BCUT2D eigenvalue weighted by molar-refractivity contribution is 5.76. The van der Waals surface area contributed by atoms with Crippen LogP contribution in [0.25, 0.3) is 11.3 Å². The predicted molar refractivity (Wildman–Crippen MR) is 126 cm³/mol. The SMILES string of the molecule is COc1cccc(F)c1CN1CCC(NC(=O)N2CCc3[nH]nc(-c4ccnc(C)c4)c3C2)C1. The lowest BCUT2D eigenvalue weighted by molar-refractivity contribution is 0.187. The van der Waals surface area contributed by atoms with E-state index in [2.05, 4.69) is 25.4 Å². The van der Waals surface area contributed by atoms with Gasteiger partial charge in [0, 0.05) is 72.9 Å². The quantitative estimate of drug-likeness (QED) is 0.605. The minimum absolute atomic E-state index is 0.0262. The molecule has 34 heavy (non-hydrogen) atoms. The number of pyridine rings is 1. The molecule has 0 spiro atoms. The zero-order valence-electron chi connectivity index (χ0n) is 19.5. The summed E-state index contributed by atoms with van der Waals surface area (Å²) in [6, 6.07) is 8.78. The number of carbonyl (C=O) groups excluding carboxylic acids is 1. The van der Waals surface area contributed by atoms with E-state index in [9.17, 15) is 9.18 Å². The van der Waals surface area contributed by atoms with Crippen molar-refractivity contribution < 1.29 is 13.9 Å². The molecule has 2 amide bonds. The first-order valence-corrected chi connectivity index (χ1v) is 11.6. The highest BCUT2D eigenvalue weighted by Gasteiger charge is 2.30. The number of aromatic amines is 1. The molecule has 0 radical (unpaired) electrons. The van der Waals surface area contributed by atoms with Crippen molar-refractivity contribution in [2.75, 3.05) is 26.7 Å². The summed E-state index contributed by atoms with van der Waals surface area (Å²) in [6.07, 6.45) is 3.35. The van der Waals surface area contributed by atoms with E-state index in [0.29, 0.717) is 37.5 Å². The number of halogens is 1. The Labute approximate surface area is 198 Å². The number of hydrogen-bond donors (Lipinski definition) is 2. The molecule has 2 aliphatic rings. The monoisotopic (exact) mass is 464 g/mol. The number of ether oxygens (including phenoxy) is 1. The molecule has 2 aliphatic heterocycles. The third-order valence-electron chi connectivity index (χ3n) is 6.67. The van der Waals surface area contributed by atoms with Gasteiger partial charge in [0.25, 0.3) is 0 Å². The first-order valence-electron chi connectivity index (χ1n) is 11.6. The second-order valence-electron chi connectivity index (χ2n) is 8.98. The number of aromatic nitrogens is 3. The van der Waals surface area contributed by atoms with Crippen LogP contribution in [0.2, 0.25) is 0 Å². The highest BCUT2D eigenvalue weighted by Crippen LogP contribution is 2.29. The van der Waals surface area contributed by atoms with Crippen molar-refractivity contribution in [1.29, 1.82) is 0 Å². The summed E-state index contributed by atoms with van der Waals surface area (Å²) in [6.45, 7) is 5.03. The fraction of sp³-hybridized carbons (Fsp3) is 0.400. The Hall–Kier alpha value is -3.46. The molecule has 2 N–H and O–H groups in total. The van der Waals surface area contributed by atoms with Crippen LogP contribution in [0.4, 0.5) is 9.18 Å². The summed E-state index contributed by atoms with van der Waals surface area (Å²) in [5.74, 6) is 0.285. The third kappa shape index (κ3) is 4.48. The molecule has 4 heterocycles. The lowest BCUT2D eigenvalue weighted by atomic mass is 10.0. The van der Waals surface area contributed by atoms with Crippen LogP contribution in [0, 0.1) is 12.7 Å². The van der Waals surface area contributed by atoms with E-state index in [1.165, 1.54) is 6.07 Å². The molecule has 9 heteroatoms. The van der Waals surface area contributed by atoms with Crippen LogP contribution in [0.3, 0.4) is 0 Å². The average Bonchev–Trinajstić information content (AvgIpc) is 3.46. The van der Waals surface area contributed by atoms with Crippen LogP contribution in [-0.4, -0.2) is 63.8 Å². The second kappa shape index (κ2) is 9.42. The molecule has 3 aromatic rings. The molecule has 5 rings (SSSR count). The number of benzene rings is 1. The zero-order chi connectivity index (χ0) is 23.7. The number of H-pyrrole nitrogens is 1. The predicted octanol–water partition coefficient (Wildman–Crippen LogP) is 3.27. The van der Waals surface area contributed by atoms with Crippen molar-refractivity contribution in [2.45, 2.75) is 38.9 Å². The summed E-state index contributed by atoms with van der Waals surface area (Å²) in [4.78, 5) is 21.3. The molecular formula is C25H29FN6O2. The Morgan fingerprint density at radius 2 is 2.21 bits per heavy atom. The normalized spacial score (nSPS) is 18.1. The van der Waals surface area contributed by atoms with Crippen LogP contribution in [0.1, 0.15) is 28.9 Å². The summed E-state index contributed by atoms with van der Waals surface area (Å²) in [5.41, 5.74) is 5.51. The first kappa shape index (κ1) is 22.3. The fourth-order valence-electron chi connectivity index (χ4n) is 4.87. The molecule has 1 unspecified atom stereocenters. The van der Waals surface area contributed by atoms with Crippen LogP contribution >= 0.6 is 0 Å². The number of rotatable bonds is 5. The fourth-order valence-corrected chi connectivity index (χ4v) is 4.87. The van der Waals surface area contributed by atoms with Gasteiger partial charge in [0.05, 0.1) is 19.3 Å². The molecule has 2 aromatic heterocycles. The van der Waals surface area contributed by atoms with Gasteiger partial charge in [0.2, 0.25) is 0 Å². The van der Waals surface area contributed by atoms with Gasteiger partial charge >= 0.3 is 6.03 Å². The van der Waals surface area contributed by atoms with Gasteiger partial charge in [-0.05, 0) is 37.6 Å². The van der Waals surface area contributed by atoms with Gasteiger partial charge in [0.1, 0.15) is 11.6 Å². The van der Waals surface area contributed by atoms with E-state index in [-0.39, 0.29) is 17.9 Å². The van der Waals surface area contributed by atoms with E-state index in [1.807, 2.05) is 24.0 Å². The lowest BCUT2D eigenvalue weighted by Gasteiger charge is -2.29. The minimum Gasteiger partial charge on any atom is -0.496 e. The number of methoxy groups -OCH3 is 1. The number of carbonyl (C=O) groups is 1. The van der Waals surface area contributed by atoms with Crippen LogP contribution in [-0.2, 0) is 19.5 Å². The zero-order valence-corrected chi connectivity index (χ0v) is 19.5. The molecule has 1 saturated heterocycles. The van der Waals surface area contributed by atoms with Crippen LogP contribution in [0.5, 0.6) is 5.75 Å². The maximum Gasteiger partial charge on any atom is 0.317 e. The number of hydrogen-bond acceptors (Lipinski definition) is 5. The second-order valence-corrected chi connectivity index (χ2v) is 8.98. The average molecular weight is 465 g/mol. The Balaban J connectivity index is 1.21. The van der Waals surface area contributed by atoms with Gasteiger partial charge in [-0.25, -0.2) is 9.18 Å². The van der Waals surface area contributed by atoms with Gasteiger partial charge in [0.15, 0.2) is 0 Å². The number of fused-ring (bicyclic) bond motifs is 1. The highest BCUT2D eigenvalue weighted by atomic mass is 19.1. The Bertz CT molecular complexity index is 1200. The van der Waals surface area contributed by atoms with Gasteiger partial charge in [-0.1, -0.05) is 6.07 Å². The van der Waals surface area contributed by atoms with Gasteiger partial charge in [-0.2, -0.15) is 5.10 Å². The van der Waals surface area contributed by atoms with Crippen LogP contribution in [0.15, 0.2) is 36.5 Å². The number of nitrogens with zero attached hydrogens (tertiary/aromatic N) is 4. The molecular weight excluding hydrogens is 435 g/mol. The topological polar surface area (TPSA) is 86.4 Å². The molecule has 1 fully saturated rings. The summed E-state index contributed by atoms with van der Waals surface area (Å²) in [5, 5.41) is 10.8. The first-order chi connectivity index (χ1) is 16.5. The number of likely N-dealkylation sites (tertiary alicyclic amines) is 1. The maximum atomic E-state index is 14.3. The smallest absolute Gasteiger partial charge is 0.317 e. The van der Waals surface area contributed by atoms with E-state index in [1.54, 1.807) is 25.4 Å². The summed E-state index contributed by atoms with van der Waals surface area (Å²) < 4.78 is 19.6. The van der Waals surface area contributed by atoms with Gasteiger partial charge < -0.3 is 15.0 Å². The van der Waals surface area contributed by atoms with Crippen molar-refractivity contribution in [3.8, 4) is 17.0 Å².